The zero-order valence-electron chi connectivity index (χ0n) is 17.6. The Labute approximate surface area is 166 Å². The van der Waals surface area contributed by atoms with Gasteiger partial charge >= 0.3 is 0 Å². The predicted molar refractivity (Wildman–Crippen MR) is 111 cm³/mol. The number of ether oxygens (including phenoxy) is 1. The van der Waals surface area contributed by atoms with E-state index in [4.69, 9.17) is 9.73 Å². The lowest BCUT2D eigenvalue weighted by Crippen LogP contribution is -2.42. The number of nitrogens with one attached hydrogen (secondary N) is 1. The number of carbonyl (C=O) groups is 1. The fourth-order valence-electron chi connectivity index (χ4n) is 4.77. The molecular formula is C23H29N3O2. The van der Waals surface area contributed by atoms with E-state index < -0.39 is 0 Å². The molecular weight excluding hydrogens is 350 g/mol. The van der Waals surface area contributed by atoms with Gasteiger partial charge in [0.15, 0.2) is 5.82 Å². The van der Waals surface area contributed by atoms with Crippen LogP contribution >= 0.6 is 0 Å². The van der Waals surface area contributed by atoms with Crippen LogP contribution in [0.2, 0.25) is 0 Å². The second kappa shape index (κ2) is 6.29. The summed E-state index contributed by atoms with van der Waals surface area (Å²) >= 11 is 0. The van der Waals surface area contributed by atoms with Gasteiger partial charge in [-0.05, 0) is 17.9 Å². The zero-order valence-corrected chi connectivity index (χ0v) is 17.6. The van der Waals surface area contributed by atoms with E-state index in [-0.39, 0.29) is 28.4 Å². The van der Waals surface area contributed by atoms with Crippen LogP contribution in [0.3, 0.4) is 0 Å². The minimum atomic E-state index is -0.254. The molecule has 28 heavy (non-hydrogen) atoms. The average molecular weight is 380 g/mol. The smallest absolute Gasteiger partial charge is 0.177 e. The number of hydrogen-bond donors (Lipinski definition) is 1. The number of aliphatic imine (C=N–C) groups is 1. The first-order chi connectivity index (χ1) is 13.1. The van der Waals surface area contributed by atoms with Crippen molar-refractivity contribution < 1.29 is 9.53 Å². The maximum Gasteiger partial charge on any atom is 0.177 e. The highest BCUT2D eigenvalue weighted by atomic mass is 16.5. The third kappa shape index (κ3) is 2.97. The van der Waals surface area contributed by atoms with Gasteiger partial charge in [0.25, 0.3) is 0 Å². The van der Waals surface area contributed by atoms with Gasteiger partial charge in [0, 0.05) is 40.3 Å². The fourth-order valence-corrected chi connectivity index (χ4v) is 4.77. The lowest BCUT2D eigenvalue weighted by Gasteiger charge is -2.41. The molecule has 0 amide bonds. The molecule has 1 aliphatic carbocycles. The SMILES string of the molecule is COc1ccccc1C1c2c(n[nH]c2C(C)(C)C)N=C2CC(C)(C)CC(=O)C21. The lowest BCUT2D eigenvalue weighted by atomic mass is 9.63. The predicted octanol–water partition coefficient (Wildman–Crippen LogP) is 4.94. The number of rotatable bonds is 2. The number of aromatic amines is 1. The van der Waals surface area contributed by atoms with Crippen LogP contribution in [0, 0.1) is 11.3 Å². The van der Waals surface area contributed by atoms with Crippen LogP contribution in [0.4, 0.5) is 5.82 Å². The molecule has 0 spiro atoms. The maximum absolute atomic E-state index is 13.4. The van der Waals surface area contributed by atoms with Gasteiger partial charge in [0.05, 0.1) is 13.0 Å². The summed E-state index contributed by atoms with van der Waals surface area (Å²) in [5.41, 5.74) is 3.86. The topological polar surface area (TPSA) is 67.3 Å². The second-order valence-corrected chi connectivity index (χ2v) is 9.87. The highest BCUT2D eigenvalue weighted by Gasteiger charge is 2.48. The van der Waals surface area contributed by atoms with E-state index in [1.807, 2.05) is 18.2 Å². The number of fused-ring (bicyclic) bond motifs is 2. The number of hydrogen-bond acceptors (Lipinski definition) is 4. The summed E-state index contributed by atoms with van der Waals surface area (Å²) in [5, 5.41) is 7.78. The van der Waals surface area contributed by atoms with Crippen LogP contribution in [0.15, 0.2) is 29.3 Å². The molecule has 0 bridgehead atoms. The molecule has 2 heterocycles. The third-order valence-electron chi connectivity index (χ3n) is 5.92. The number of para-hydroxylation sites is 1. The molecule has 1 fully saturated rings. The number of Topliss-reactive ketones (excluding diaryl/α,β-unsaturated/α-hetero) is 1. The van der Waals surface area contributed by atoms with E-state index in [2.05, 4.69) is 50.9 Å². The van der Waals surface area contributed by atoms with Crippen LogP contribution in [0.25, 0.3) is 0 Å². The van der Waals surface area contributed by atoms with Gasteiger partial charge in [0.1, 0.15) is 11.5 Å². The summed E-state index contributed by atoms with van der Waals surface area (Å²) < 4.78 is 5.69. The molecule has 1 aliphatic heterocycles. The Morgan fingerprint density at radius 1 is 1.14 bits per heavy atom. The minimum Gasteiger partial charge on any atom is -0.496 e. The van der Waals surface area contributed by atoms with Crippen molar-refractivity contribution in [3.8, 4) is 5.75 Å². The molecule has 2 aliphatic rings. The van der Waals surface area contributed by atoms with Crippen molar-refractivity contribution in [1.29, 1.82) is 0 Å². The fraction of sp³-hybridized carbons (Fsp3) is 0.522. The van der Waals surface area contributed by atoms with Crippen LogP contribution in [0.1, 0.15) is 70.2 Å². The van der Waals surface area contributed by atoms with Crippen molar-refractivity contribution in [2.45, 2.75) is 58.8 Å². The Morgan fingerprint density at radius 2 is 1.86 bits per heavy atom. The van der Waals surface area contributed by atoms with Gasteiger partial charge in [-0.25, -0.2) is 4.99 Å². The molecule has 5 nitrogen and oxygen atoms in total. The monoisotopic (exact) mass is 379 g/mol. The van der Waals surface area contributed by atoms with E-state index in [0.717, 1.165) is 40.5 Å². The second-order valence-electron chi connectivity index (χ2n) is 9.87. The van der Waals surface area contributed by atoms with Gasteiger partial charge in [-0.3, -0.25) is 9.89 Å². The molecule has 2 atom stereocenters. The minimum absolute atomic E-state index is 0.0710. The Morgan fingerprint density at radius 3 is 2.54 bits per heavy atom. The molecule has 4 rings (SSSR count). The first-order valence-corrected chi connectivity index (χ1v) is 9.94. The molecule has 0 saturated heterocycles. The van der Waals surface area contributed by atoms with Crippen LogP contribution in [0.5, 0.6) is 5.75 Å². The van der Waals surface area contributed by atoms with Gasteiger partial charge in [0.2, 0.25) is 0 Å². The van der Waals surface area contributed by atoms with Gasteiger partial charge in [-0.15, -0.1) is 0 Å². The number of benzene rings is 1. The Balaban J connectivity index is 1.99. The molecule has 5 heteroatoms. The Bertz CT molecular complexity index is 962. The number of H-pyrrole nitrogens is 1. The molecule has 1 aromatic carbocycles. The Kier molecular flexibility index (Phi) is 4.25. The summed E-state index contributed by atoms with van der Waals surface area (Å²) in [6.07, 6.45) is 1.38. The Hall–Kier alpha value is -2.43. The summed E-state index contributed by atoms with van der Waals surface area (Å²) in [6.45, 7) is 10.8. The highest BCUT2D eigenvalue weighted by molar-refractivity contribution is 6.11. The highest BCUT2D eigenvalue weighted by Crippen LogP contribution is 2.52. The van der Waals surface area contributed by atoms with Gasteiger partial charge in [-0.2, -0.15) is 5.10 Å². The molecule has 2 unspecified atom stereocenters. The van der Waals surface area contributed by atoms with Gasteiger partial charge < -0.3 is 4.74 Å². The van der Waals surface area contributed by atoms with Crippen molar-refractivity contribution in [3.63, 3.8) is 0 Å². The quantitative estimate of drug-likeness (QED) is 0.804. The van der Waals surface area contributed by atoms with E-state index in [1.165, 1.54) is 0 Å². The number of ketones is 1. The lowest BCUT2D eigenvalue weighted by molar-refractivity contribution is -0.124. The van der Waals surface area contributed by atoms with Crippen LogP contribution in [-0.4, -0.2) is 28.8 Å². The van der Waals surface area contributed by atoms with Crippen molar-refractivity contribution in [1.82, 2.24) is 10.2 Å². The maximum atomic E-state index is 13.4. The summed E-state index contributed by atoms with van der Waals surface area (Å²) in [6, 6.07) is 8.02. The molecule has 1 N–H and O–H groups in total. The third-order valence-corrected chi connectivity index (χ3v) is 5.92. The van der Waals surface area contributed by atoms with E-state index in [9.17, 15) is 4.79 Å². The van der Waals surface area contributed by atoms with Crippen LogP contribution < -0.4 is 4.74 Å². The summed E-state index contributed by atoms with van der Waals surface area (Å²) in [7, 11) is 1.68. The average Bonchev–Trinajstić information content (AvgIpc) is 3.02. The molecule has 148 valence electrons. The normalized spacial score (nSPS) is 23.6. The van der Waals surface area contributed by atoms with Crippen LogP contribution in [-0.2, 0) is 10.2 Å². The van der Waals surface area contributed by atoms with E-state index in [0.29, 0.717) is 6.42 Å². The van der Waals surface area contributed by atoms with Crippen molar-refractivity contribution >= 4 is 17.3 Å². The van der Waals surface area contributed by atoms with Crippen molar-refractivity contribution in [2.75, 3.05) is 7.11 Å². The largest absolute Gasteiger partial charge is 0.496 e. The first-order valence-electron chi connectivity index (χ1n) is 9.94. The molecule has 1 aromatic heterocycles. The summed E-state index contributed by atoms with van der Waals surface area (Å²) in [5.74, 6) is 1.40. The molecule has 2 aromatic rings. The van der Waals surface area contributed by atoms with E-state index >= 15 is 0 Å². The standard InChI is InChI=1S/C23H29N3O2/c1-22(2,3)20-19-17(13-9-7-8-10-16(13)28-6)18-14(24-21(19)26-25-20)11-23(4,5)12-15(18)27/h7-10,17-18H,11-12H2,1-6H3,(H,25,26). The van der Waals surface area contributed by atoms with Crippen molar-refractivity contribution in [3.05, 3.63) is 41.1 Å². The van der Waals surface area contributed by atoms with Gasteiger partial charge in [-0.1, -0.05) is 52.8 Å². The van der Waals surface area contributed by atoms with E-state index in [1.54, 1.807) is 7.11 Å². The number of nitrogens with zero attached hydrogens (tertiary/aromatic N) is 2. The first kappa shape index (κ1) is 18.9. The number of aromatic nitrogens is 2. The number of carbonyl (C=O) groups excluding carboxylic acids is 1. The summed E-state index contributed by atoms with van der Waals surface area (Å²) in [4.78, 5) is 18.3. The molecule has 0 radical (unpaired) electrons. The zero-order chi connectivity index (χ0) is 20.3. The van der Waals surface area contributed by atoms with Crippen molar-refractivity contribution in [2.24, 2.45) is 16.3 Å². The molecule has 1 saturated carbocycles. The number of methoxy groups -OCH3 is 1.